The van der Waals surface area contributed by atoms with Crippen LogP contribution in [0.15, 0.2) is 65.1 Å². The van der Waals surface area contributed by atoms with E-state index in [4.69, 9.17) is 5.73 Å². The molecule has 3 aliphatic rings. The van der Waals surface area contributed by atoms with E-state index in [0.29, 0.717) is 0 Å². The van der Waals surface area contributed by atoms with Crippen molar-refractivity contribution in [2.24, 2.45) is 17.6 Å². The maximum Gasteiger partial charge on any atom is 0.416 e. The summed E-state index contributed by atoms with van der Waals surface area (Å²) in [6, 6.07) is 6.44. The Kier molecular flexibility index (Phi) is 6.60. The Morgan fingerprint density at radius 1 is 1.05 bits per heavy atom. The van der Waals surface area contributed by atoms with Crippen LogP contribution in [0.3, 0.4) is 0 Å². The highest BCUT2D eigenvalue weighted by Crippen LogP contribution is 2.55. The van der Waals surface area contributed by atoms with Crippen molar-refractivity contribution in [2.75, 3.05) is 14.1 Å². The van der Waals surface area contributed by atoms with Gasteiger partial charge in [-0.05, 0) is 49.0 Å². The minimum Gasteiger partial charge on any atom is -0.510 e. The van der Waals surface area contributed by atoms with Crippen molar-refractivity contribution in [3.8, 4) is 5.75 Å². The van der Waals surface area contributed by atoms with E-state index in [2.05, 4.69) is 0 Å². The van der Waals surface area contributed by atoms with Gasteiger partial charge in [0.15, 0.2) is 11.4 Å². The Hall–Kier alpha value is -4.46. The van der Waals surface area contributed by atoms with Crippen LogP contribution in [0.2, 0.25) is 0 Å². The molecule has 0 heterocycles. The van der Waals surface area contributed by atoms with Crippen LogP contribution in [0.1, 0.15) is 27.0 Å². The molecule has 220 valence electrons. The van der Waals surface area contributed by atoms with Crippen molar-refractivity contribution in [1.82, 2.24) is 4.90 Å². The number of phenols is 1. The molecule has 0 radical (unpaired) electrons. The summed E-state index contributed by atoms with van der Waals surface area (Å²) in [5.74, 6) is -9.91. The number of rotatable bonds is 3. The number of ketones is 2. The second-order valence-corrected chi connectivity index (χ2v) is 10.6. The van der Waals surface area contributed by atoms with Crippen molar-refractivity contribution in [1.29, 1.82) is 0 Å². The highest BCUT2D eigenvalue weighted by Gasteiger charge is 2.67. The van der Waals surface area contributed by atoms with E-state index in [-0.39, 0.29) is 22.3 Å². The molecule has 5 atom stereocenters. The highest BCUT2D eigenvalue weighted by molar-refractivity contribution is 6.25. The number of primary amides is 1. The topological polar surface area (TPSA) is 182 Å². The van der Waals surface area contributed by atoms with Crippen molar-refractivity contribution < 1.29 is 53.1 Å². The summed E-state index contributed by atoms with van der Waals surface area (Å²) in [7, 11) is 2.80. The van der Waals surface area contributed by atoms with Crippen molar-refractivity contribution in [3.05, 3.63) is 87.4 Å². The number of aliphatic hydroxyl groups is 4. The minimum atomic E-state index is -4.61. The van der Waals surface area contributed by atoms with Crippen molar-refractivity contribution in [3.63, 3.8) is 0 Å². The summed E-state index contributed by atoms with van der Waals surface area (Å²) in [5, 5.41) is 56.6. The van der Waals surface area contributed by atoms with Crippen LogP contribution in [0, 0.1) is 11.8 Å². The smallest absolute Gasteiger partial charge is 0.416 e. The third-order valence-corrected chi connectivity index (χ3v) is 8.09. The molecule has 0 aromatic heterocycles. The molecule has 0 spiro atoms. The van der Waals surface area contributed by atoms with Gasteiger partial charge < -0.3 is 31.3 Å². The number of aromatic hydroxyl groups is 1. The van der Waals surface area contributed by atoms with E-state index in [1.807, 2.05) is 0 Å². The first-order valence-corrected chi connectivity index (χ1v) is 12.6. The summed E-state index contributed by atoms with van der Waals surface area (Å²) in [4.78, 5) is 40.7. The molecule has 5 rings (SSSR count). The van der Waals surface area contributed by atoms with Crippen LogP contribution in [0.4, 0.5) is 13.2 Å². The second-order valence-electron chi connectivity index (χ2n) is 10.6. The average molecular weight is 587 g/mol. The molecule has 2 aromatic rings. The average Bonchev–Trinajstić information content (AvgIpc) is 2.89. The van der Waals surface area contributed by atoms with Gasteiger partial charge in [-0.25, -0.2) is 0 Å². The highest BCUT2D eigenvalue weighted by atomic mass is 19.4. The number of phenolic OH excluding ortho intramolecular Hbond substituents is 1. The van der Waals surface area contributed by atoms with E-state index in [1.165, 1.54) is 43.3 Å². The van der Waals surface area contributed by atoms with E-state index in [1.54, 1.807) is 0 Å². The molecule has 1 amide bonds. The van der Waals surface area contributed by atoms with Crippen molar-refractivity contribution in [2.45, 2.75) is 23.9 Å². The lowest BCUT2D eigenvalue weighted by molar-refractivity contribution is -0.159. The molecular weight excluding hydrogens is 561 g/mol. The lowest BCUT2D eigenvalue weighted by atomic mass is 9.56. The number of hydrogen-bond donors (Lipinski definition) is 6. The Morgan fingerprint density at radius 2 is 1.67 bits per heavy atom. The number of benzene rings is 2. The number of alkyl halides is 3. The van der Waals surface area contributed by atoms with Gasteiger partial charge in [0.05, 0.1) is 34.8 Å². The molecule has 42 heavy (non-hydrogen) atoms. The molecule has 0 unspecified atom stereocenters. The molecule has 0 saturated carbocycles. The molecule has 7 N–H and O–H groups in total. The first kappa shape index (κ1) is 29.0. The van der Waals surface area contributed by atoms with Crippen molar-refractivity contribution >= 4 is 29.1 Å². The molecule has 0 bridgehead atoms. The van der Waals surface area contributed by atoms with Gasteiger partial charge in [0.1, 0.15) is 22.8 Å². The summed E-state index contributed by atoms with van der Waals surface area (Å²) >= 11 is 0. The minimum absolute atomic E-state index is 0.0606. The maximum atomic E-state index is 13.8. The fourth-order valence-corrected chi connectivity index (χ4v) is 6.26. The van der Waals surface area contributed by atoms with Crippen LogP contribution in [-0.4, -0.2) is 79.7 Å². The summed E-state index contributed by atoms with van der Waals surface area (Å²) in [5.41, 5.74) is -0.455. The standard InChI is InChI=1S/C29H25F3N2O8/c1-34(2)21-20-23(37)17-14(10-11-6-8-12(9-7-11)29(30,31)32)13-4-3-5-15(35)16(13)22(36)18(17)25(39)28(20,42)26(40)19(24(21)38)27(33)41/h3-10,17,20-21,23,35,37-39,42H,1-2H3,(H2,33,41)/b14-10+/t17-,20-,21+,23+,28+/m1/s1. The fourth-order valence-electron chi connectivity index (χ4n) is 6.26. The largest absolute Gasteiger partial charge is 0.510 e. The second kappa shape index (κ2) is 9.54. The van der Waals surface area contributed by atoms with Gasteiger partial charge in [-0.1, -0.05) is 30.3 Å². The quantitative estimate of drug-likeness (QED) is 0.294. The molecule has 0 aliphatic heterocycles. The Morgan fingerprint density at radius 3 is 2.21 bits per heavy atom. The van der Waals surface area contributed by atoms with Crippen LogP contribution in [-0.2, 0) is 15.8 Å². The number of aliphatic hydroxyl groups excluding tert-OH is 3. The number of hydrogen-bond acceptors (Lipinski definition) is 9. The van der Waals surface area contributed by atoms with Crippen LogP contribution in [0.25, 0.3) is 11.6 Å². The maximum absolute atomic E-state index is 13.8. The summed E-state index contributed by atoms with van der Waals surface area (Å²) in [6.45, 7) is 0. The van der Waals surface area contributed by atoms with Crippen LogP contribution >= 0.6 is 0 Å². The third kappa shape index (κ3) is 3.95. The zero-order chi connectivity index (χ0) is 31.0. The molecule has 13 heteroatoms. The number of nitrogens with two attached hydrogens (primary N) is 1. The fraction of sp³-hybridized carbons (Fsp3) is 0.276. The number of carbonyl (C=O) groups is 3. The number of fused-ring (bicyclic) bond motifs is 3. The predicted molar refractivity (Wildman–Crippen MR) is 141 cm³/mol. The first-order chi connectivity index (χ1) is 19.5. The number of carbonyl (C=O) groups excluding carboxylic acids is 3. The molecule has 3 aliphatic carbocycles. The van der Waals surface area contributed by atoms with Gasteiger partial charge in [-0.3, -0.25) is 19.3 Å². The van der Waals surface area contributed by atoms with Crippen LogP contribution < -0.4 is 5.73 Å². The Balaban J connectivity index is 1.82. The molecule has 0 saturated heterocycles. The number of Topliss-reactive ketones (excluding diaryl/α,β-unsaturated/α-hetero) is 2. The molecule has 0 fully saturated rings. The molecule has 2 aromatic carbocycles. The van der Waals surface area contributed by atoms with E-state index in [0.717, 1.165) is 24.3 Å². The lowest BCUT2D eigenvalue weighted by Crippen LogP contribution is -2.68. The van der Waals surface area contributed by atoms with Gasteiger partial charge in [0.25, 0.3) is 5.91 Å². The lowest BCUT2D eigenvalue weighted by Gasteiger charge is -2.52. The Bertz CT molecular complexity index is 1640. The van der Waals surface area contributed by atoms with E-state index in [9.17, 15) is 53.1 Å². The van der Waals surface area contributed by atoms with Gasteiger partial charge in [0, 0.05) is 5.92 Å². The summed E-state index contributed by atoms with van der Waals surface area (Å²) < 4.78 is 39.5. The number of halogens is 3. The summed E-state index contributed by atoms with van der Waals surface area (Å²) in [6.07, 6.45) is -5.17. The molecule has 10 nitrogen and oxygen atoms in total. The molecular formula is C29H25F3N2O8. The normalized spacial score (nSPS) is 28.6. The van der Waals surface area contributed by atoms with Gasteiger partial charge in [0.2, 0.25) is 5.78 Å². The first-order valence-electron chi connectivity index (χ1n) is 12.6. The van der Waals surface area contributed by atoms with Gasteiger partial charge in [-0.2, -0.15) is 13.2 Å². The predicted octanol–water partition coefficient (Wildman–Crippen LogP) is 2.11. The SMILES string of the molecule is CN(C)[C@@H]1C(O)=C(C(N)=O)C(=O)[C@@]2(O)C(O)=C3C(=O)c4c(O)cccc4/C(=C\c4ccc(C(F)(F)F)cc4)[C@H]3[C@H](O)[C@@H]12. The van der Waals surface area contributed by atoms with Gasteiger partial charge >= 0.3 is 6.18 Å². The monoisotopic (exact) mass is 586 g/mol. The van der Waals surface area contributed by atoms with E-state index >= 15 is 0 Å². The number of nitrogens with zero attached hydrogens (tertiary/aromatic N) is 1. The third-order valence-electron chi connectivity index (χ3n) is 8.09. The van der Waals surface area contributed by atoms with Gasteiger partial charge in [-0.15, -0.1) is 0 Å². The number of likely N-dealkylation sites (N-methyl/N-ethyl adjacent to an activating group) is 1. The van der Waals surface area contributed by atoms with Crippen LogP contribution in [0.5, 0.6) is 5.75 Å². The number of amides is 1. The Labute approximate surface area is 236 Å². The van der Waals surface area contributed by atoms with E-state index < -0.39 is 87.2 Å². The zero-order valence-electron chi connectivity index (χ0n) is 22.0. The zero-order valence-corrected chi connectivity index (χ0v) is 22.0.